The maximum absolute atomic E-state index is 6.53. The molecule has 7 aromatic carbocycles. The van der Waals surface area contributed by atoms with Gasteiger partial charge in [-0.25, -0.2) is 0 Å². The molecule has 0 fully saturated rings. The Hall–Kier alpha value is -5.31. The second-order valence-corrected chi connectivity index (χ2v) is 11.2. The highest BCUT2D eigenvalue weighted by molar-refractivity contribution is 6.36. The van der Waals surface area contributed by atoms with Gasteiger partial charge in [0, 0.05) is 43.9 Å². The number of aromatic nitrogens is 1. The number of anilines is 3. The Morgan fingerprint density at radius 2 is 1.00 bits per heavy atom. The Labute approximate surface area is 255 Å². The Bertz CT molecular complexity index is 2230. The minimum atomic E-state index is 0.773. The first-order chi connectivity index (χ1) is 21.3. The number of hydrogen-bond donors (Lipinski definition) is 0. The van der Waals surface area contributed by atoms with Crippen molar-refractivity contribution in [2.24, 2.45) is 0 Å². The van der Waals surface area contributed by atoms with Crippen LogP contribution in [0.15, 0.2) is 164 Å². The van der Waals surface area contributed by atoms with E-state index in [-0.39, 0.29) is 0 Å². The lowest BCUT2D eigenvalue weighted by Crippen LogP contribution is -2.10. The lowest BCUT2D eigenvalue weighted by Gasteiger charge is -2.26. The normalized spacial score (nSPS) is 11.4. The minimum Gasteiger partial charge on any atom is -0.310 e. The molecule has 0 aliphatic heterocycles. The van der Waals surface area contributed by atoms with E-state index < -0.39 is 0 Å². The molecule has 204 valence electrons. The highest BCUT2D eigenvalue weighted by Gasteiger charge is 2.17. The fourth-order valence-corrected chi connectivity index (χ4v) is 6.51. The van der Waals surface area contributed by atoms with Gasteiger partial charge in [-0.05, 0) is 77.2 Å². The molecule has 0 aliphatic rings. The lowest BCUT2D eigenvalue weighted by atomic mass is 9.98. The van der Waals surface area contributed by atoms with Gasteiger partial charge in [-0.15, -0.1) is 0 Å². The van der Waals surface area contributed by atoms with Crippen LogP contribution in [0, 0.1) is 0 Å². The molecule has 0 radical (unpaired) electrons. The van der Waals surface area contributed by atoms with Crippen molar-refractivity contribution in [1.29, 1.82) is 0 Å². The summed E-state index contributed by atoms with van der Waals surface area (Å²) in [4.78, 5) is 2.33. The fraction of sp³-hybridized carbons (Fsp3) is 0. The van der Waals surface area contributed by atoms with E-state index in [1.54, 1.807) is 0 Å². The molecule has 0 unspecified atom stereocenters. The topological polar surface area (TPSA) is 8.17 Å². The van der Waals surface area contributed by atoms with Crippen LogP contribution in [0.25, 0.3) is 49.4 Å². The summed E-state index contributed by atoms with van der Waals surface area (Å²) in [7, 11) is 0. The predicted molar refractivity (Wildman–Crippen MR) is 183 cm³/mol. The van der Waals surface area contributed by atoms with Crippen LogP contribution in [0.2, 0.25) is 5.02 Å². The number of hydrogen-bond acceptors (Lipinski definition) is 1. The molecule has 0 aliphatic carbocycles. The van der Waals surface area contributed by atoms with Crippen molar-refractivity contribution < 1.29 is 0 Å². The maximum Gasteiger partial charge on any atom is 0.0561 e. The minimum absolute atomic E-state index is 0.773. The number of nitrogens with zero attached hydrogens (tertiary/aromatic N) is 2. The third-order valence-corrected chi connectivity index (χ3v) is 8.58. The van der Waals surface area contributed by atoms with Gasteiger partial charge < -0.3 is 9.47 Å². The number of para-hydroxylation sites is 3. The molecule has 43 heavy (non-hydrogen) atoms. The van der Waals surface area contributed by atoms with Crippen LogP contribution in [0.5, 0.6) is 0 Å². The SMILES string of the molecule is Clc1ccc(-c2ccc(N(c3ccccc3)c3ccc4c5ccccc5n(-c5ccccc5)c4c3)cc2)c2ccccc12. The average molecular weight is 571 g/mol. The van der Waals surface area contributed by atoms with Gasteiger partial charge in [-0.3, -0.25) is 0 Å². The Morgan fingerprint density at radius 3 is 1.77 bits per heavy atom. The number of fused-ring (bicyclic) bond motifs is 4. The number of rotatable bonds is 5. The van der Waals surface area contributed by atoms with Gasteiger partial charge in [0.25, 0.3) is 0 Å². The maximum atomic E-state index is 6.53. The second-order valence-electron chi connectivity index (χ2n) is 10.7. The van der Waals surface area contributed by atoms with Gasteiger partial charge in [0.2, 0.25) is 0 Å². The van der Waals surface area contributed by atoms with E-state index in [4.69, 9.17) is 11.6 Å². The van der Waals surface area contributed by atoms with Crippen LogP contribution in [-0.2, 0) is 0 Å². The molecule has 0 saturated heterocycles. The second kappa shape index (κ2) is 10.5. The van der Waals surface area contributed by atoms with Gasteiger partial charge in [0.05, 0.1) is 11.0 Å². The Morgan fingerprint density at radius 1 is 0.419 bits per heavy atom. The first kappa shape index (κ1) is 25.4. The van der Waals surface area contributed by atoms with Crippen LogP contribution < -0.4 is 4.90 Å². The van der Waals surface area contributed by atoms with Crippen LogP contribution in [0.1, 0.15) is 0 Å². The molecule has 0 N–H and O–H groups in total. The highest BCUT2D eigenvalue weighted by atomic mass is 35.5. The van der Waals surface area contributed by atoms with Crippen molar-refractivity contribution in [3.05, 3.63) is 169 Å². The number of benzene rings is 7. The quantitative estimate of drug-likeness (QED) is 0.200. The molecule has 0 spiro atoms. The zero-order valence-electron chi connectivity index (χ0n) is 23.4. The van der Waals surface area contributed by atoms with Crippen LogP contribution >= 0.6 is 11.6 Å². The Balaban J connectivity index is 1.30. The Kier molecular flexibility index (Phi) is 6.21. The molecule has 8 rings (SSSR count). The molecule has 0 saturated carbocycles. The van der Waals surface area contributed by atoms with E-state index in [9.17, 15) is 0 Å². The fourth-order valence-electron chi connectivity index (χ4n) is 6.28. The summed E-state index contributed by atoms with van der Waals surface area (Å²) < 4.78 is 2.37. The first-order valence-electron chi connectivity index (χ1n) is 14.5. The molecule has 1 heterocycles. The molecule has 0 atom stereocenters. The third-order valence-electron chi connectivity index (χ3n) is 8.25. The molecule has 3 heteroatoms. The molecule has 0 amide bonds. The molecular formula is C40H27ClN2. The summed E-state index contributed by atoms with van der Waals surface area (Å²) in [5.74, 6) is 0. The molecule has 8 aromatic rings. The van der Waals surface area contributed by atoms with E-state index in [1.165, 1.54) is 27.4 Å². The summed E-state index contributed by atoms with van der Waals surface area (Å²) >= 11 is 6.53. The van der Waals surface area contributed by atoms with Crippen molar-refractivity contribution >= 4 is 61.2 Å². The molecule has 0 bridgehead atoms. The molecular weight excluding hydrogens is 544 g/mol. The first-order valence-corrected chi connectivity index (χ1v) is 14.9. The summed E-state index contributed by atoms with van der Waals surface area (Å²) in [5.41, 5.74) is 9.15. The zero-order valence-corrected chi connectivity index (χ0v) is 24.1. The van der Waals surface area contributed by atoms with Gasteiger partial charge in [-0.2, -0.15) is 0 Å². The largest absolute Gasteiger partial charge is 0.310 e. The van der Waals surface area contributed by atoms with Crippen LogP contribution in [0.4, 0.5) is 17.1 Å². The standard InChI is InChI=1S/C40H27ClN2/c41-38-26-25-33(34-15-7-8-16-35(34)38)28-19-21-31(22-20-28)42(29-11-3-1-4-12-29)32-23-24-37-36-17-9-10-18-39(36)43(40(37)27-32)30-13-5-2-6-14-30/h1-27H. The van der Waals surface area contributed by atoms with Gasteiger partial charge >= 0.3 is 0 Å². The van der Waals surface area contributed by atoms with E-state index >= 15 is 0 Å². The lowest BCUT2D eigenvalue weighted by molar-refractivity contribution is 1.18. The van der Waals surface area contributed by atoms with Gasteiger partial charge in [-0.1, -0.05) is 115 Å². The van der Waals surface area contributed by atoms with Crippen molar-refractivity contribution in [3.8, 4) is 16.8 Å². The predicted octanol–water partition coefficient (Wildman–Crippen LogP) is 11.7. The summed E-state index contributed by atoms with van der Waals surface area (Å²) in [6.07, 6.45) is 0. The van der Waals surface area contributed by atoms with E-state index in [0.717, 1.165) is 44.1 Å². The van der Waals surface area contributed by atoms with Crippen LogP contribution in [0.3, 0.4) is 0 Å². The van der Waals surface area contributed by atoms with Crippen molar-refractivity contribution in [2.45, 2.75) is 0 Å². The average Bonchev–Trinajstić information content (AvgIpc) is 3.40. The monoisotopic (exact) mass is 570 g/mol. The van der Waals surface area contributed by atoms with E-state index in [2.05, 4.69) is 161 Å². The smallest absolute Gasteiger partial charge is 0.0561 e. The molecule has 2 nitrogen and oxygen atoms in total. The van der Waals surface area contributed by atoms with Gasteiger partial charge in [0.1, 0.15) is 0 Å². The summed E-state index contributed by atoms with van der Waals surface area (Å²) in [6.45, 7) is 0. The zero-order chi connectivity index (χ0) is 28.8. The number of halogens is 1. The summed E-state index contributed by atoms with van der Waals surface area (Å²) in [6, 6.07) is 57.9. The third kappa shape index (κ3) is 4.35. The van der Waals surface area contributed by atoms with Gasteiger partial charge in [0.15, 0.2) is 0 Å². The van der Waals surface area contributed by atoms with Crippen LogP contribution in [-0.4, -0.2) is 4.57 Å². The van der Waals surface area contributed by atoms with E-state index in [0.29, 0.717) is 0 Å². The summed E-state index contributed by atoms with van der Waals surface area (Å²) in [5, 5.41) is 5.48. The van der Waals surface area contributed by atoms with Crippen molar-refractivity contribution in [1.82, 2.24) is 4.57 Å². The molecule has 1 aromatic heterocycles. The van der Waals surface area contributed by atoms with Crippen molar-refractivity contribution in [3.63, 3.8) is 0 Å². The van der Waals surface area contributed by atoms with Crippen molar-refractivity contribution in [2.75, 3.05) is 4.90 Å². The highest BCUT2D eigenvalue weighted by Crippen LogP contribution is 2.40. The van der Waals surface area contributed by atoms with E-state index in [1.807, 2.05) is 12.1 Å².